The lowest BCUT2D eigenvalue weighted by Gasteiger charge is -2.22. The lowest BCUT2D eigenvalue weighted by Crippen LogP contribution is -2.27. The van der Waals surface area contributed by atoms with Gasteiger partial charge in [-0.15, -0.1) is 0 Å². The fourth-order valence-corrected chi connectivity index (χ4v) is 2.21. The number of carbonyl (C=O) groups excluding carboxylic acids is 1. The topological polar surface area (TPSA) is 82.8 Å². The van der Waals surface area contributed by atoms with Crippen LogP contribution in [0.2, 0.25) is 0 Å². The highest BCUT2D eigenvalue weighted by Crippen LogP contribution is 2.42. The minimum Gasteiger partial charge on any atom is -0.493 e. The molecule has 6 nitrogen and oxygen atoms in total. The SMILES string of the molecule is CCCNC(CC(N)=O)c1ccc(OC)c(OC)c1OC. The maximum absolute atomic E-state index is 11.3. The van der Waals surface area contributed by atoms with Crippen molar-refractivity contribution in [2.24, 2.45) is 5.73 Å². The Kier molecular flexibility index (Phi) is 6.81. The van der Waals surface area contributed by atoms with Crippen LogP contribution in [0.25, 0.3) is 0 Å². The van der Waals surface area contributed by atoms with Gasteiger partial charge in [0.2, 0.25) is 11.7 Å². The molecule has 1 atom stereocenters. The number of benzene rings is 1. The first-order valence-electron chi connectivity index (χ1n) is 6.89. The highest BCUT2D eigenvalue weighted by molar-refractivity contribution is 5.75. The molecule has 118 valence electrons. The van der Waals surface area contributed by atoms with Crippen molar-refractivity contribution in [1.82, 2.24) is 5.32 Å². The zero-order valence-corrected chi connectivity index (χ0v) is 13.1. The zero-order valence-electron chi connectivity index (χ0n) is 13.1. The van der Waals surface area contributed by atoms with Crippen molar-refractivity contribution in [3.05, 3.63) is 17.7 Å². The second-order valence-electron chi connectivity index (χ2n) is 4.60. The first-order chi connectivity index (χ1) is 10.1. The van der Waals surface area contributed by atoms with Crippen LogP contribution in [0.15, 0.2) is 12.1 Å². The molecule has 0 aliphatic carbocycles. The second-order valence-corrected chi connectivity index (χ2v) is 4.60. The Bertz CT molecular complexity index is 477. The van der Waals surface area contributed by atoms with Crippen molar-refractivity contribution in [1.29, 1.82) is 0 Å². The normalized spacial score (nSPS) is 11.8. The third kappa shape index (κ3) is 4.26. The number of rotatable bonds is 9. The fraction of sp³-hybridized carbons (Fsp3) is 0.533. The molecule has 0 aliphatic heterocycles. The maximum Gasteiger partial charge on any atom is 0.219 e. The molecule has 21 heavy (non-hydrogen) atoms. The van der Waals surface area contributed by atoms with Crippen molar-refractivity contribution in [2.75, 3.05) is 27.9 Å². The molecule has 0 saturated heterocycles. The first-order valence-corrected chi connectivity index (χ1v) is 6.89. The van der Waals surface area contributed by atoms with E-state index in [0.717, 1.165) is 18.5 Å². The van der Waals surface area contributed by atoms with Gasteiger partial charge in [-0.3, -0.25) is 4.79 Å². The van der Waals surface area contributed by atoms with Crippen LogP contribution in [-0.4, -0.2) is 33.8 Å². The van der Waals surface area contributed by atoms with Gasteiger partial charge >= 0.3 is 0 Å². The van der Waals surface area contributed by atoms with Gasteiger partial charge in [0, 0.05) is 18.0 Å². The minimum absolute atomic E-state index is 0.186. The van der Waals surface area contributed by atoms with Gasteiger partial charge in [0.15, 0.2) is 11.5 Å². The number of ether oxygens (including phenoxy) is 3. The van der Waals surface area contributed by atoms with Crippen LogP contribution < -0.4 is 25.3 Å². The van der Waals surface area contributed by atoms with Crippen molar-refractivity contribution in [3.8, 4) is 17.2 Å². The van der Waals surface area contributed by atoms with Crippen molar-refractivity contribution in [3.63, 3.8) is 0 Å². The Morgan fingerprint density at radius 1 is 1.19 bits per heavy atom. The van der Waals surface area contributed by atoms with E-state index < -0.39 is 0 Å². The monoisotopic (exact) mass is 296 g/mol. The zero-order chi connectivity index (χ0) is 15.8. The van der Waals surface area contributed by atoms with Crippen molar-refractivity contribution >= 4 is 5.91 Å². The molecule has 0 bridgehead atoms. The average Bonchev–Trinajstić information content (AvgIpc) is 2.49. The number of amides is 1. The van der Waals surface area contributed by atoms with Gasteiger partial charge in [-0.05, 0) is 25.1 Å². The van der Waals surface area contributed by atoms with Gasteiger partial charge in [0.05, 0.1) is 21.3 Å². The summed E-state index contributed by atoms with van der Waals surface area (Å²) in [7, 11) is 4.67. The number of carbonyl (C=O) groups is 1. The molecule has 0 aliphatic rings. The van der Waals surface area contributed by atoms with Gasteiger partial charge in [0.1, 0.15) is 0 Å². The smallest absolute Gasteiger partial charge is 0.219 e. The average molecular weight is 296 g/mol. The van der Waals surface area contributed by atoms with Gasteiger partial charge in [-0.1, -0.05) is 6.92 Å². The summed E-state index contributed by atoms with van der Waals surface area (Å²) in [6.45, 7) is 2.83. The Hall–Kier alpha value is -1.95. The highest BCUT2D eigenvalue weighted by atomic mass is 16.5. The summed E-state index contributed by atoms with van der Waals surface area (Å²) >= 11 is 0. The molecule has 0 saturated carbocycles. The summed E-state index contributed by atoms with van der Waals surface area (Å²) < 4.78 is 16.1. The van der Waals surface area contributed by atoms with Crippen LogP contribution in [0.4, 0.5) is 0 Å². The van der Waals surface area contributed by atoms with E-state index in [1.54, 1.807) is 27.4 Å². The number of nitrogens with two attached hydrogens (primary N) is 1. The molecule has 1 unspecified atom stereocenters. The van der Waals surface area contributed by atoms with Crippen LogP contribution in [0, 0.1) is 0 Å². The summed E-state index contributed by atoms with van der Waals surface area (Å²) in [6.07, 6.45) is 1.14. The molecule has 0 spiro atoms. The Morgan fingerprint density at radius 3 is 2.33 bits per heavy atom. The third-order valence-electron chi connectivity index (χ3n) is 3.16. The molecule has 0 radical (unpaired) electrons. The summed E-state index contributed by atoms with van der Waals surface area (Å²) in [5.74, 6) is 1.25. The molecule has 3 N–H and O–H groups in total. The summed E-state index contributed by atoms with van der Waals surface area (Å²) in [5.41, 5.74) is 6.17. The van der Waals surface area contributed by atoms with Crippen LogP contribution >= 0.6 is 0 Å². The second kappa shape index (κ2) is 8.36. The molecular formula is C15H24N2O4. The molecule has 1 aromatic rings. The number of methoxy groups -OCH3 is 3. The summed E-state index contributed by atoms with van der Waals surface area (Å²) in [6, 6.07) is 3.42. The lowest BCUT2D eigenvalue weighted by molar-refractivity contribution is -0.118. The van der Waals surface area contributed by atoms with E-state index >= 15 is 0 Å². The van der Waals surface area contributed by atoms with E-state index in [1.807, 2.05) is 6.07 Å². The van der Waals surface area contributed by atoms with Gasteiger partial charge in [-0.25, -0.2) is 0 Å². The third-order valence-corrected chi connectivity index (χ3v) is 3.16. The van der Waals surface area contributed by atoms with E-state index in [4.69, 9.17) is 19.9 Å². The predicted molar refractivity (Wildman–Crippen MR) is 80.9 cm³/mol. The molecule has 0 heterocycles. The first kappa shape index (κ1) is 17.1. The lowest BCUT2D eigenvalue weighted by atomic mass is 10.0. The van der Waals surface area contributed by atoms with Gasteiger partial charge in [-0.2, -0.15) is 0 Å². The number of hydrogen-bond acceptors (Lipinski definition) is 5. The fourth-order valence-electron chi connectivity index (χ4n) is 2.21. The van der Waals surface area contributed by atoms with Gasteiger partial charge in [0.25, 0.3) is 0 Å². The highest BCUT2D eigenvalue weighted by Gasteiger charge is 2.23. The van der Waals surface area contributed by atoms with Crippen LogP contribution in [0.5, 0.6) is 17.2 Å². The molecule has 1 rings (SSSR count). The van der Waals surface area contributed by atoms with E-state index in [2.05, 4.69) is 12.2 Å². The molecule has 0 aromatic heterocycles. The largest absolute Gasteiger partial charge is 0.493 e. The van der Waals surface area contributed by atoms with E-state index in [1.165, 1.54) is 0 Å². The molecule has 6 heteroatoms. The number of hydrogen-bond donors (Lipinski definition) is 2. The van der Waals surface area contributed by atoms with Gasteiger partial charge < -0.3 is 25.3 Å². The van der Waals surface area contributed by atoms with Crippen LogP contribution in [-0.2, 0) is 4.79 Å². The molecule has 1 aromatic carbocycles. The van der Waals surface area contributed by atoms with Crippen LogP contribution in [0.1, 0.15) is 31.4 Å². The summed E-state index contributed by atoms with van der Waals surface area (Å²) in [4.78, 5) is 11.3. The predicted octanol–water partition coefficient (Wildman–Crippen LogP) is 1.63. The Labute approximate surface area is 125 Å². The van der Waals surface area contributed by atoms with E-state index in [9.17, 15) is 4.79 Å². The molecule has 1 amide bonds. The van der Waals surface area contributed by atoms with Crippen LogP contribution in [0.3, 0.4) is 0 Å². The number of primary amides is 1. The molecule has 0 fully saturated rings. The van der Waals surface area contributed by atoms with Crippen molar-refractivity contribution in [2.45, 2.75) is 25.8 Å². The summed E-state index contributed by atoms with van der Waals surface area (Å²) in [5, 5.41) is 3.30. The number of nitrogens with one attached hydrogen (secondary N) is 1. The minimum atomic E-state index is -0.375. The maximum atomic E-state index is 11.3. The Balaban J connectivity index is 3.25. The standard InChI is InChI=1S/C15H24N2O4/c1-5-8-17-11(9-13(16)18)10-6-7-12(19-2)15(21-4)14(10)20-3/h6-7,11,17H,5,8-9H2,1-4H3,(H2,16,18). The molecular weight excluding hydrogens is 272 g/mol. The van der Waals surface area contributed by atoms with Crippen molar-refractivity contribution < 1.29 is 19.0 Å². The van der Waals surface area contributed by atoms with E-state index in [-0.39, 0.29) is 18.4 Å². The quantitative estimate of drug-likeness (QED) is 0.723. The van der Waals surface area contributed by atoms with E-state index in [0.29, 0.717) is 17.2 Å². The Morgan fingerprint density at radius 2 is 1.86 bits per heavy atom.